The van der Waals surface area contributed by atoms with E-state index in [1.807, 2.05) is 13.8 Å². The minimum absolute atomic E-state index is 0.187. The van der Waals surface area contributed by atoms with Gasteiger partial charge in [0.1, 0.15) is 0 Å². The van der Waals surface area contributed by atoms with Crippen molar-refractivity contribution in [3.05, 3.63) is 59.2 Å². The van der Waals surface area contributed by atoms with E-state index < -0.39 is 10.0 Å². The second kappa shape index (κ2) is 9.04. The van der Waals surface area contributed by atoms with Crippen molar-refractivity contribution in [1.29, 1.82) is 0 Å². The van der Waals surface area contributed by atoms with Gasteiger partial charge in [-0.2, -0.15) is 0 Å². The van der Waals surface area contributed by atoms with Crippen LogP contribution in [-0.4, -0.2) is 27.9 Å². The molecule has 1 N–H and O–H groups in total. The summed E-state index contributed by atoms with van der Waals surface area (Å²) in [4.78, 5) is 12.6. The quantitative estimate of drug-likeness (QED) is 0.694. The summed E-state index contributed by atoms with van der Waals surface area (Å²) in [5.74, 6) is -0.187. The fraction of sp³-hybridized carbons (Fsp3) is 0.381. The number of aryl methyl sites for hydroxylation is 2. The molecule has 2 aromatic carbocycles. The van der Waals surface area contributed by atoms with Gasteiger partial charge in [-0.3, -0.25) is 9.10 Å². The van der Waals surface area contributed by atoms with Gasteiger partial charge < -0.3 is 5.32 Å². The van der Waals surface area contributed by atoms with Gasteiger partial charge in [0.05, 0.1) is 10.6 Å². The molecular weight excluding hydrogens is 360 g/mol. The Hall–Kier alpha value is -2.34. The molecule has 0 unspecified atom stereocenters. The molecule has 0 spiro atoms. The first kappa shape index (κ1) is 21.0. The normalized spacial score (nSPS) is 11.3. The van der Waals surface area contributed by atoms with Gasteiger partial charge in [0.25, 0.3) is 15.9 Å². The third-order valence-electron chi connectivity index (χ3n) is 4.56. The van der Waals surface area contributed by atoms with Gasteiger partial charge in [0.15, 0.2) is 0 Å². The van der Waals surface area contributed by atoms with Gasteiger partial charge in [0.2, 0.25) is 0 Å². The van der Waals surface area contributed by atoms with Gasteiger partial charge in [-0.25, -0.2) is 8.42 Å². The summed E-state index contributed by atoms with van der Waals surface area (Å²) in [7, 11) is -2.18. The van der Waals surface area contributed by atoms with Crippen LogP contribution >= 0.6 is 0 Å². The maximum Gasteiger partial charge on any atom is 0.264 e. The molecule has 2 rings (SSSR count). The first-order valence-corrected chi connectivity index (χ1v) is 10.7. The molecule has 0 bridgehead atoms. The molecule has 0 radical (unpaired) electrons. The summed E-state index contributed by atoms with van der Waals surface area (Å²) in [6, 6.07) is 11.9. The van der Waals surface area contributed by atoms with Crippen LogP contribution in [0.2, 0.25) is 0 Å². The number of carbonyl (C=O) groups excluding carboxylic acids is 1. The molecule has 146 valence electrons. The lowest BCUT2D eigenvalue weighted by molar-refractivity contribution is 0.0953. The smallest absolute Gasteiger partial charge is 0.264 e. The highest BCUT2D eigenvalue weighted by Crippen LogP contribution is 2.26. The van der Waals surface area contributed by atoms with E-state index in [2.05, 4.69) is 12.2 Å². The molecule has 6 heteroatoms. The maximum atomic E-state index is 12.9. The molecule has 0 heterocycles. The lowest BCUT2D eigenvalue weighted by Crippen LogP contribution is -2.28. The zero-order chi connectivity index (χ0) is 20.0. The first-order chi connectivity index (χ1) is 12.8. The predicted molar refractivity (Wildman–Crippen MR) is 110 cm³/mol. The lowest BCUT2D eigenvalue weighted by Gasteiger charge is -2.22. The van der Waals surface area contributed by atoms with Crippen molar-refractivity contribution < 1.29 is 13.2 Å². The summed E-state index contributed by atoms with van der Waals surface area (Å²) >= 11 is 0. The number of nitrogens with zero attached hydrogens (tertiary/aromatic N) is 1. The summed E-state index contributed by atoms with van der Waals surface area (Å²) in [5, 5.41) is 2.89. The van der Waals surface area contributed by atoms with Crippen LogP contribution in [0.1, 0.15) is 47.7 Å². The molecule has 0 aliphatic carbocycles. The number of nitrogens with one attached hydrogen (secondary N) is 1. The number of sulfonamides is 1. The number of unbranched alkanes of at least 4 members (excludes halogenated alkanes) is 2. The highest BCUT2D eigenvalue weighted by Gasteiger charge is 2.23. The summed E-state index contributed by atoms with van der Waals surface area (Å²) in [5.41, 5.74) is 2.74. The van der Waals surface area contributed by atoms with Gasteiger partial charge >= 0.3 is 0 Å². The standard InChI is InChI=1S/C21H28N2O3S/c1-5-6-7-14-22-21(24)18-11-10-17(3)20(15-18)23(4)27(25,26)19-12-8-16(2)9-13-19/h8-13,15H,5-7,14H2,1-4H3,(H,22,24). The van der Waals surface area contributed by atoms with Crippen molar-refractivity contribution in [1.82, 2.24) is 5.32 Å². The molecule has 0 aliphatic rings. The SMILES string of the molecule is CCCCCNC(=O)c1ccc(C)c(N(C)S(=O)(=O)c2ccc(C)cc2)c1. The van der Waals surface area contributed by atoms with Gasteiger partial charge in [0, 0.05) is 19.2 Å². The van der Waals surface area contributed by atoms with Crippen molar-refractivity contribution in [3.63, 3.8) is 0 Å². The number of rotatable bonds is 8. The second-order valence-electron chi connectivity index (χ2n) is 6.75. The Morgan fingerprint density at radius 2 is 1.70 bits per heavy atom. The summed E-state index contributed by atoms with van der Waals surface area (Å²) in [6.45, 7) is 6.47. The van der Waals surface area contributed by atoms with E-state index in [0.29, 0.717) is 17.8 Å². The van der Waals surface area contributed by atoms with Gasteiger partial charge in [-0.1, -0.05) is 43.5 Å². The number of hydrogen-bond donors (Lipinski definition) is 1. The number of benzene rings is 2. The van der Waals surface area contributed by atoms with E-state index in [1.54, 1.807) is 42.5 Å². The maximum absolute atomic E-state index is 12.9. The number of carbonyl (C=O) groups is 1. The first-order valence-electron chi connectivity index (χ1n) is 9.22. The molecule has 0 aliphatic heterocycles. The number of amides is 1. The van der Waals surface area contributed by atoms with Crippen LogP contribution < -0.4 is 9.62 Å². The fourth-order valence-corrected chi connectivity index (χ4v) is 4.02. The molecule has 5 nitrogen and oxygen atoms in total. The minimum Gasteiger partial charge on any atom is -0.352 e. The van der Waals surface area contributed by atoms with E-state index in [-0.39, 0.29) is 10.8 Å². The predicted octanol–water partition coefficient (Wildman–Crippen LogP) is 4.05. The Bertz CT molecular complexity index is 890. The van der Waals surface area contributed by atoms with E-state index >= 15 is 0 Å². The topological polar surface area (TPSA) is 66.5 Å². The molecule has 0 saturated heterocycles. The summed E-state index contributed by atoms with van der Waals surface area (Å²) < 4.78 is 27.1. The van der Waals surface area contributed by atoms with Crippen LogP contribution in [0.15, 0.2) is 47.4 Å². The molecule has 1 amide bonds. The molecular formula is C21H28N2O3S. The largest absolute Gasteiger partial charge is 0.352 e. The Kier molecular flexibility index (Phi) is 7.02. The third-order valence-corrected chi connectivity index (χ3v) is 6.34. The number of hydrogen-bond acceptors (Lipinski definition) is 3. The fourth-order valence-electron chi connectivity index (χ4n) is 2.77. The minimum atomic E-state index is -3.70. The Balaban J connectivity index is 2.26. The Morgan fingerprint density at radius 1 is 1.04 bits per heavy atom. The van der Waals surface area contributed by atoms with Crippen LogP contribution in [0.25, 0.3) is 0 Å². The average Bonchev–Trinajstić information content (AvgIpc) is 2.65. The molecule has 0 aromatic heterocycles. The monoisotopic (exact) mass is 388 g/mol. The lowest BCUT2D eigenvalue weighted by atomic mass is 10.1. The highest BCUT2D eigenvalue weighted by molar-refractivity contribution is 7.92. The van der Waals surface area contributed by atoms with Gasteiger partial charge in [-0.15, -0.1) is 0 Å². The summed E-state index contributed by atoms with van der Waals surface area (Å²) in [6.07, 6.45) is 3.09. The Labute approximate surface area is 162 Å². The Morgan fingerprint density at radius 3 is 2.33 bits per heavy atom. The molecule has 0 fully saturated rings. The van der Waals surface area contributed by atoms with Crippen molar-refractivity contribution in [2.24, 2.45) is 0 Å². The average molecular weight is 389 g/mol. The molecule has 27 heavy (non-hydrogen) atoms. The van der Waals surface area contributed by atoms with Crippen LogP contribution in [0.5, 0.6) is 0 Å². The second-order valence-corrected chi connectivity index (χ2v) is 8.72. The molecule has 2 aromatic rings. The zero-order valence-corrected chi connectivity index (χ0v) is 17.3. The van der Waals surface area contributed by atoms with Crippen molar-refractivity contribution in [2.75, 3.05) is 17.9 Å². The van der Waals surface area contributed by atoms with E-state index in [9.17, 15) is 13.2 Å². The highest BCUT2D eigenvalue weighted by atomic mass is 32.2. The number of anilines is 1. The zero-order valence-electron chi connectivity index (χ0n) is 16.5. The van der Waals surface area contributed by atoms with Crippen molar-refractivity contribution in [3.8, 4) is 0 Å². The van der Waals surface area contributed by atoms with E-state index in [4.69, 9.17) is 0 Å². The van der Waals surface area contributed by atoms with Crippen LogP contribution in [-0.2, 0) is 10.0 Å². The van der Waals surface area contributed by atoms with Crippen molar-refractivity contribution >= 4 is 21.6 Å². The molecule has 0 atom stereocenters. The molecule has 0 saturated carbocycles. The van der Waals surface area contributed by atoms with Crippen LogP contribution in [0.3, 0.4) is 0 Å². The van der Waals surface area contributed by atoms with Gasteiger partial charge in [-0.05, 0) is 50.1 Å². The van der Waals surface area contributed by atoms with E-state index in [0.717, 1.165) is 30.4 Å². The third kappa shape index (κ3) is 5.10. The van der Waals surface area contributed by atoms with Crippen molar-refractivity contribution in [2.45, 2.75) is 44.9 Å². The van der Waals surface area contributed by atoms with Crippen LogP contribution in [0.4, 0.5) is 5.69 Å². The van der Waals surface area contributed by atoms with E-state index in [1.165, 1.54) is 11.4 Å². The van der Waals surface area contributed by atoms with Crippen LogP contribution in [0, 0.1) is 13.8 Å².